The molecule has 1 fully saturated rings. The van der Waals surface area contributed by atoms with E-state index in [-0.39, 0.29) is 11.9 Å². The van der Waals surface area contributed by atoms with Crippen LogP contribution in [0.5, 0.6) is 5.75 Å². The summed E-state index contributed by atoms with van der Waals surface area (Å²) >= 11 is 0. The van der Waals surface area contributed by atoms with Gasteiger partial charge in [0.15, 0.2) is 11.6 Å². The smallest absolute Gasteiger partial charge is 0.165 e. The van der Waals surface area contributed by atoms with E-state index in [0.29, 0.717) is 5.75 Å². The van der Waals surface area contributed by atoms with E-state index in [2.05, 4.69) is 5.32 Å². The first kappa shape index (κ1) is 10.4. The van der Waals surface area contributed by atoms with Crippen molar-refractivity contribution in [3.05, 3.63) is 29.1 Å². The summed E-state index contributed by atoms with van der Waals surface area (Å²) in [4.78, 5) is 0. The van der Waals surface area contributed by atoms with Crippen molar-refractivity contribution >= 4 is 0 Å². The maximum absolute atomic E-state index is 13.6. The monoisotopic (exact) mass is 209 g/mol. The van der Waals surface area contributed by atoms with Crippen molar-refractivity contribution in [2.45, 2.75) is 25.8 Å². The fourth-order valence-electron chi connectivity index (χ4n) is 2.18. The number of ether oxygens (including phenoxy) is 1. The Bertz CT molecular complexity index is 359. The number of hydrogen-bond donors (Lipinski definition) is 1. The first-order valence-corrected chi connectivity index (χ1v) is 5.30. The Kier molecular flexibility index (Phi) is 2.91. The number of aryl methyl sites for hydroxylation is 1. The average molecular weight is 209 g/mol. The highest BCUT2D eigenvalue weighted by Gasteiger charge is 2.22. The van der Waals surface area contributed by atoms with Crippen molar-refractivity contribution in [3.8, 4) is 5.75 Å². The Morgan fingerprint density at radius 2 is 2.27 bits per heavy atom. The molecule has 1 saturated heterocycles. The van der Waals surface area contributed by atoms with Crippen LogP contribution < -0.4 is 10.1 Å². The molecule has 82 valence electrons. The van der Waals surface area contributed by atoms with Crippen molar-refractivity contribution < 1.29 is 9.13 Å². The quantitative estimate of drug-likeness (QED) is 0.808. The van der Waals surface area contributed by atoms with Crippen LogP contribution in [0.15, 0.2) is 12.1 Å². The molecule has 1 atom stereocenters. The Morgan fingerprint density at radius 3 is 2.87 bits per heavy atom. The van der Waals surface area contributed by atoms with Gasteiger partial charge in [0.2, 0.25) is 0 Å². The number of rotatable bonds is 2. The van der Waals surface area contributed by atoms with Crippen LogP contribution in [0.2, 0.25) is 0 Å². The molecule has 2 nitrogen and oxygen atoms in total. The maximum Gasteiger partial charge on any atom is 0.165 e. The Balaban J connectivity index is 2.42. The van der Waals surface area contributed by atoms with Gasteiger partial charge in [-0.05, 0) is 37.9 Å². The number of benzene rings is 1. The van der Waals surface area contributed by atoms with Gasteiger partial charge in [-0.1, -0.05) is 6.07 Å². The SMILES string of the molecule is COc1c(F)cc(C)cc1C1CCCN1. The van der Waals surface area contributed by atoms with Gasteiger partial charge in [0.25, 0.3) is 0 Å². The zero-order valence-corrected chi connectivity index (χ0v) is 9.14. The molecule has 1 N–H and O–H groups in total. The summed E-state index contributed by atoms with van der Waals surface area (Å²) in [6.07, 6.45) is 2.20. The lowest BCUT2D eigenvalue weighted by Crippen LogP contribution is -2.14. The van der Waals surface area contributed by atoms with E-state index in [1.165, 1.54) is 13.2 Å². The highest BCUT2D eigenvalue weighted by molar-refractivity contribution is 5.40. The molecule has 1 aromatic rings. The van der Waals surface area contributed by atoms with Crippen molar-refractivity contribution in [3.63, 3.8) is 0 Å². The largest absolute Gasteiger partial charge is 0.493 e. The zero-order chi connectivity index (χ0) is 10.8. The van der Waals surface area contributed by atoms with Gasteiger partial charge < -0.3 is 10.1 Å². The van der Waals surface area contributed by atoms with Gasteiger partial charge in [-0.15, -0.1) is 0 Å². The molecule has 15 heavy (non-hydrogen) atoms. The Labute approximate surface area is 89.4 Å². The molecule has 1 aliphatic rings. The van der Waals surface area contributed by atoms with E-state index < -0.39 is 0 Å². The third-order valence-corrected chi connectivity index (χ3v) is 2.86. The molecule has 0 bridgehead atoms. The van der Waals surface area contributed by atoms with Gasteiger partial charge in [-0.25, -0.2) is 4.39 Å². The number of methoxy groups -OCH3 is 1. The van der Waals surface area contributed by atoms with Crippen LogP contribution >= 0.6 is 0 Å². The van der Waals surface area contributed by atoms with Gasteiger partial charge in [0.05, 0.1) is 7.11 Å². The van der Waals surface area contributed by atoms with E-state index in [4.69, 9.17) is 4.74 Å². The summed E-state index contributed by atoms with van der Waals surface area (Å²) in [5.74, 6) is 0.126. The molecule has 0 aliphatic carbocycles. The molecule has 0 saturated carbocycles. The number of hydrogen-bond acceptors (Lipinski definition) is 2. The van der Waals surface area contributed by atoms with Crippen molar-refractivity contribution in [2.75, 3.05) is 13.7 Å². The molecule has 1 heterocycles. The van der Waals surface area contributed by atoms with Crippen LogP contribution in [-0.4, -0.2) is 13.7 Å². The average Bonchev–Trinajstić information content (AvgIpc) is 2.69. The highest BCUT2D eigenvalue weighted by Crippen LogP contribution is 2.33. The number of nitrogens with one attached hydrogen (secondary N) is 1. The van der Waals surface area contributed by atoms with E-state index in [1.807, 2.05) is 13.0 Å². The minimum Gasteiger partial charge on any atom is -0.493 e. The Morgan fingerprint density at radius 1 is 1.47 bits per heavy atom. The minimum atomic E-state index is -0.263. The summed E-state index contributed by atoms with van der Waals surface area (Å²) in [5.41, 5.74) is 1.89. The fourth-order valence-corrected chi connectivity index (χ4v) is 2.18. The molecule has 3 heteroatoms. The highest BCUT2D eigenvalue weighted by atomic mass is 19.1. The van der Waals surface area contributed by atoms with Crippen molar-refractivity contribution in [2.24, 2.45) is 0 Å². The number of halogens is 1. The second-order valence-corrected chi connectivity index (χ2v) is 4.02. The molecule has 1 unspecified atom stereocenters. The van der Waals surface area contributed by atoms with Crippen molar-refractivity contribution in [1.82, 2.24) is 5.32 Å². The third-order valence-electron chi connectivity index (χ3n) is 2.86. The van der Waals surface area contributed by atoms with Crippen LogP contribution in [0.25, 0.3) is 0 Å². The second kappa shape index (κ2) is 4.19. The van der Waals surface area contributed by atoms with Crippen LogP contribution in [0.4, 0.5) is 4.39 Å². The first-order valence-electron chi connectivity index (χ1n) is 5.30. The normalized spacial score (nSPS) is 20.6. The lowest BCUT2D eigenvalue weighted by atomic mass is 10.0. The molecule has 1 aliphatic heterocycles. The predicted octanol–water partition coefficient (Wildman–Crippen LogP) is 2.57. The topological polar surface area (TPSA) is 21.3 Å². The zero-order valence-electron chi connectivity index (χ0n) is 9.14. The standard InChI is InChI=1S/C12H16FNO/c1-8-6-9(11-4-3-5-14-11)12(15-2)10(13)7-8/h6-7,11,14H,3-5H2,1-2H3. The molecule has 1 aromatic carbocycles. The van der Waals surface area contributed by atoms with Crippen molar-refractivity contribution in [1.29, 1.82) is 0 Å². The molecule has 0 amide bonds. The molecule has 0 spiro atoms. The van der Waals surface area contributed by atoms with E-state index >= 15 is 0 Å². The Hall–Kier alpha value is -1.09. The minimum absolute atomic E-state index is 0.245. The lowest BCUT2D eigenvalue weighted by molar-refractivity contribution is 0.375. The molecular weight excluding hydrogens is 193 g/mol. The van der Waals surface area contributed by atoms with Crippen LogP contribution in [0.3, 0.4) is 0 Å². The first-order chi connectivity index (χ1) is 7.22. The maximum atomic E-state index is 13.6. The lowest BCUT2D eigenvalue weighted by Gasteiger charge is -2.16. The summed E-state index contributed by atoms with van der Waals surface area (Å²) in [5, 5.41) is 3.36. The van der Waals surface area contributed by atoms with Gasteiger partial charge >= 0.3 is 0 Å². The predicted molar refractivity (Wildman–Crippen MR) is 57.7 cm³/mol. The summed E-state index contributed by atoms with van der Waals surface area (Å²) in [6, 6.07) is 3.76. The van der Waals surface area contributed by atoms with Crippen LogP contribution in [0, 0.1) is 12.7 Å². The third kappa shape index (κ3) is 1.97. The van der Waals surface area contributed by atoms with E-state index in [9.17, 15) is 4.39 Å². The van der Waals surface area contributed by atoms with E-state index in [0.717, 1.165) is 30.5 Å². The molecule has 0 aromatic heterocycles. The second-order valence-electron chi connectivity index (χ2n) is 4.02. The molecule has 2 rings (SSSR count). The van der Waals surface area contributed by atoms with Gasteiger partial charge in [-0.3, -0.25) is 0 Å². The molecule has 0 radical (unpaired) electrons. The summed E-state index contributed by atoms with van der Waals surface area (Å²) < 4.78 is 18.7. The van der Waals surface area contributed by atoms with Gasteiger partial charge in [-0.2, -0.15) is 0 Å². The fraction of sp³-hybridized carbons (Fsp3) is 0.500. The van der Waals surface area contributed by atoms with Crippen LogP contribution in [0.1, 0.15) is 30.0 Å². The van der Waals surface area contributed by atoms with Gasteiger partial charge in [0, 0.05) is 11.6 Å². The van der Waals surface area contributed by atoms with E-state index in [1.54, 1.807) is 0 Å². The molecular formula is C12H16FNO. The van der Waals surface area contributed by atoms with Gasteiger partial charge in [0.1, 0.15) is 0 Å². The summed E-state index contributed by atoms with van der Waals surface area (Å²) in [6.45, 7) is 2.91. The van der Waals surface area contributed by atoms with Crippen LogP contribution in [-0.2, 0) is 0 Å². The summed E-state index contributed by atoms with van der Waals surface area (Å²) in [7, 11) is 1.52.